The van der Waals surface area contributed by atoms with Gasteiger partial charge in [0.05, 0.1) is 10.9 Å². The zero-order chi connectivity index (χ0) is 8.97. The van der Waals surface area contributed by atoms with E-state index in [1.54, 1.807) is 6.07 Å². The smallest absolute Gasteiger partial charge is 0.173 e. The molecule has 0 radical (unpaired) electrons. The van der Waals surface area contributed by atoms with Gasteiger partial charge in [0.2, 0.25) is 0 Å². The van der Waals surface area contributed by atoms with E-state index in [2.05, 4.69) is 0 Å². The van der Waals surface area contributed by atoms with E-state index in [9.17, 15) is 4.39 Å². The van der Waals surface area contributed by atoms with Gasteiger partial charge in [-0.1, -0.05) is 17.7 Å². The predicted octanol–water partition coefficient (Wildman–Crippen LogP) is 3.10. The van der Waals surface area contributed by atoms with Crippen LogP contribution in [0.15, 0.2) is 18.2 Å². The number of halogens is 3. The van der Waals surface area contributed by atoms with Gasteiger partial charge >= 0.3 is 0 Å². The van der Waals surface area contributed by atoms with E-state index in [1.807, 2.05) is 0 Å². The average molecular weight is 209 g/mol. The molecule has 0 bridgehead atoms. The van der Waals surface area contributed by atoms with Gasteiger partial charge in [0.25, 0.3) is 0 Å². The van der Waals surface area contributed by atoms with Gasteiger partial charge in [0.15, 0.2) is 11.6 Å². The summed E-state index contributed by atoms with van der Waals surface area (Å²) in [5.41, 5.74) is 0. The van der Waals surface area contributed by atoms with Crippen LogP contribution in [0.3, 0.4) is 0 Å². The quantitative estimate of drug-likeness (QED) is 0.695. The Morgan fingerprint density at radius 1 is 1.42 bits per heavy atom. The Bertz CT molecular complexity index is 245. The molecule has 0 aliphatic rings. The largest absolute Gasteiger partial charge is 0.488 e. The summed E-state index contributed by atoms with van der Waals surface area (Å²) in [6.07, 6.45) is 0. The zero-order valence-electron chi connectivity index (χ0n) is 6.19. The van der Waals surface area contributed by atoms with Gasteiger partial charge in [0.1, 0.15) is 6.61 Å². The van der Waals surface area contributed by atoms with Crippen LogP contribution >= 0.6 is 23.2 Å². The number of ether oxygens (including phenoxy) is 1. The molecule has 0 N–H and O–H groups in total. The van der Waals surface area contributed by atoms with Crippen LogP contribution in [0.2, 0.25) is 5.02 Å². The van der Waals surface area contributed by atoms with Crippen molar-refractivity contribution in [1.82, 2.24) is 0 Å². The lowest BCUT2D eigenvalue weighted by Gasteiger charge is -2.06. The van der Waals surface area contributed by atoms with Crippen molar-refractivity contribution in [2.24, 2.45) is 0 Å². The molecule has 0 heterocycles. The fourth-order valence-electron chi connectivity index (χ4n) is 0.761. The molecule has 1 rings (SSSR count). The van der Waals surface area contributed by atoms with Crippen molar-refractivity contribution < 1.29 is 9.13 Å². The molecular formula is C8H7Cl2FO. The van der Waals surface area contributed by atoms with Gasteiger partial charge in [-0.2, -0.15) is 0 Å². The van der Waals surface area contributed by atoms with Crippen LogP contribution in [0.1, 0.15) is 0 Å². The molecule has 0 aliphatic carbocycles. The lowest BCUT2D eigenvalue weighted by molar-refractivity contribution is 0.324. The molecule has 12 heavy (non-hydrogen) atoms. The molecule has 0 unspecified atom stereocenters. The van der Waals surface area contributed by atoms with Gasteiger partial charge < -0.3 is 4.74 Å². The third-order valence-electron chi connectivity index (χ3n) is 1.24. The Balaban J connectivity index is 2.81. The van der Waals surface area contributed by atoms with E-state index in [-0.39, 0.29) is 17.4 Å². The summed E-state index contributed by atoms with van der Waals surface area (Å²) in [5, 5.41) is 0.264. The minimum Gasteiger partial charge on any atom is -0.488 e. The number of rotatable bonds is 3. The Morgan fingerprint density at radius 3 is 2.75 bits per heavy atom. The summed E-state index contributed by atoms with van der Waals surface area (Å²) >= 11 is 11.0. The van der Waals surface area contributed by atoms with E-state index < -0.39 is 5.82 Å². The number of hydrogen-bond donors (Lipinski definition) is 0. The van der Waals surface area contributed by atoms with Crippen molar-refractivity contribution in [3.63, 3.8) is 0 Å². The molecule has 1 aromatic rings. The van der Waals surface area contributed by atoms with E-state index in [0.717, 1.165) is 0 Å². The van der Waals surface area contributed by atoms with Crippen molar-refractivity contribution in [3.8, 4) is 5.75 Å². The maximum atomic E-state index is 12.9. The Kier molecular flexibility index (Phi) is 3.63. The molecule has 1 nitrogen and oxygen atoms in total. The summed E-state index contributed by atoms with van der Waals surface area (Å²) in [6.45, 7) is 0.252. The summed E-state index contributed by atoms with van der Waals surface area (Å²) in [4.78, 5) is 0. The third-order valence-corrected chi connectivity index (χ3v) is 1.69. The van der Waals surface area contributed by atoms with Crippen LogP contribution < -0.4 is 4.74 Å². The molecule has 0 fully saturated rings. The molecule has 0 spiro atoms. The second-order valence-electron chi connectivity index (χ2n) is 2.09. The van der Waals surface area contributed by atoms with Crippen molar-refractivity contribution in [2.45, 2.75) is 0 Å². The summed E-state index contributed by atoms with van der Waals surface area (Å²) in [5.74, 6) is -0.0857. The summed E-state index contributed by atoms with van der Waals surface area (Å²) < 4.78 is 17.9. The molecule has 0 atom stereocenters. The number of alkyl halides is 1. The fourth-order valence-corrected chi connectivity index (χ4v) is 1.06. The first kappa shape index (κ1) is 9.62. The first-order chi connectivity index (χ1) is 5.75. The summed E-state index contributed by atoms with van der Waals surface area (Å²) in [7, 11) is 0. The van der Waals surface area contributed by atoms with Gasteiger partial charge in [-0.25, -0.2) is 4.39 Å². The van der Waals surface area contributed by atoms with E-state index in [4.69, 9.17) is 27.9 Å². The maximum Gasteiger partial charge on any atom is 0.173 e. The van der Waals surface area contributed by atoms with Crippen molar-refractivity contribution in [3.05, 3.63) is 29.0 Å². The fraction of sp³-hybridized carbons (Fsp3) is 0.250. The molecule has 0 saturated carbocycles. The maximum absolute atomic E-state index is 12.9. The number of benzene rings is 1. The minimum atomic E-state index is -0.465. The van der Waals surface area contributed by atoms with E-state index in [1.165, 1.54) is 12.1 Å². The highest BCUT2D eigenvalue weighted by atomic mass is 35.5. The van der Waals surface area contributed by atoms with E-state index in [0.29, 0.717) is 5.88 Å². The highest BCUT2D eigenvalue weighted by molar-refractivity contribution is 6.32. The van der Waals surface area contributed by atoms with Crippen molar-refractivity contribution in [2.75, 3.05) is 12.5 Å². The lowest BCUT2D eigenvalue weighted by Crippen LogP contribution is -2.00. The topological polar surface area (TPSA) is 9.23 Å². The number of para-hydroxylation sites is 1. The van der Waals surface area contributed by atoms with Gasteiger partial charge in [-0.05, 0) is 12.1 Å². The van der Waals surface area contributed by atoms with Crippen LogP contribution in [0.25, 0.3) is 0 Å². The van der Waals surface area contributed by atoms with E-state index >= 15 is 0 Å². The van der Waals surface area contributed by atoms with Gasteiger partial charge in [-0.3, -0.25) is 0 Å². The third kappa shape index (κ3) is 2.26. The molecular weight excluding hydrogens is 202 g/mol. The van der Waals surface area contributed by atoms with Crippen molar-refractivity contribution >= 4 is 23.2 Å². The van der Waals surface area contributed by atoms with Gasteiger partial charge in [-0.15, -0.1) is 11.6 Å². The molecule has 0 aromatic heterocycles. The van der Waals surface area contributed by atoms with Crippen LogP contribution in [-0.2, 0) is 0 Å². The standard InChI is InChI=1S/C8H7Cl2FO/c9-4-5-12-8-6(10)2-1-3-7(8)11/h1-3H,4-5H2. The normalized spacial score (nSPS) is 9.92. The first-order valence-electron chi connectivity index (χ1n) is 3.38. The second kappa shape index (κ2) is 4.53. The summed E-state index contributed by atoms with van der Waals surface area (Å²) in [6, 6.07) is 4.37. The lowest BCUT2D eigenvalue weighted by atomic mass is 10.3. The van der Waals surface area contributed by atoms with Gasteiger partial charge in [0, 0.05) is 0 Å². The Hall–Kier alpha value is -0.470. The molecule has 1 aromatic carbocycles. The minimum absolute atomic E-state index is 0.0693. The van der Waals surface area contributed by atoms with Crippen molar-refractivity contribution in [1.29, 1.82) is 0 Å². The second-order valence-corrected chi connectivity index (χ2v) is 2.87. The highest BCUT2D eigenvalue weighted by Gasteiger charge is 2.06. The molecule has 4 heteroatoms. The first-order valence-corrected chi connectivity index (χ1v) is 4.29. The predicted molar refractivity (Wildman–Crippen MR) is 47.6 cm³/mol. The molecule has 0 saturated heterocycles. The zero-order valence-corrected chi connectivity index (χ0v) is 7.70. The molecule has 0 aliphatic heterocycles. The number of hydrogen-bond acceptors (Lipinski definition) is 1. The van der Waals surface area contributed by atoms with Crippen LogP contribution in [-0.4, -0.2) is 12.5 Å². The Morgan fingerprint density at radius 2 is 2.17 bits per heavy atom. The molecule has 66 valence electrons. The SMILES string of the molecule is Fc1cccc(Cl)c1OCCCl. The monoisotopic (exact) mass is 208 g/mol. The average Bonchev–Trinajstić information content (AvgIpc) is 2.04. The molecule has 0 amide bonds. The van der Waals surface area contributed by atoms with Crippen LogP contribution in [0.4, 0.5) is 4.39 Å². The van der Waals surface area contributed by atoms with Crippen LogP contribution in [0.5, 0.6) is 5.75 Å². The highest BCUT2D eigenvalue weighted by Crippen LogP contribution is 2.26. The Labute approximate surface area is 80.0 Å². The van der Waals surface area contributed by atoms with Crippen LogP contribution in [0, 0.1) is 5.82 Å².